The second-order valence-corrected chi connectivity index (χ2v) is 7.24. The monoisotopic (exact) mass is 319 g/mol. The summed E-state index contributed by atoms with van der Waals surface area (Å²) in [6.07, 6.45) is 9.16. The molecule has 0 N–H and O–H groups in total. The number of hydrogen-bond donors (Lipinski definition) is 0. The molecule has 0 heterocycles. The van der Waals surface area contributed by atoms with Crippen LogP contribution in [0.4, 0.5) is 0 Å². The normalized spacial score (nSPS) is 13.3. The van der Waals surface area contributed by atoms with Crippen LogP contribution in [-0.4, -0.2) is 25.8 Å². The molecule has 0 radical (unpaired) electrons. The van der Waals surface area contributed by atoms with E-state index in [-0.39, 0.29) is 5.92 Å². The van der Waals surface area contributed by atoms with Gasteiger partial charge >= 0.3 is 0 Å². The number of rotatable bonds is 8. The molecule has 0 amide bonds. The quantitative estimate of drug-likeness (QED) is 0.677. The van der Waals surface area contributed by atoms with E-state index in [1.807, 2.05) is 75.4 Å². The molecule has 0 saturated heterocycles. The van der Waals surface area contributed by atoms with Gasteiger partial charge < -0.3 is 0 Å². The summed E-state index contributed by atoms with van der Waals surface area (Å²) in [5, 5.41) is 1.29. The van der Waals surface area contributed by atoms with Crippen LogP contribution in [0.25, 0.3) is 6.08 Å². The van der Waals surface area contributed by atoms with Crippen LogP contribution < -0.4 is 0 Å². The zero-order valence-corrected chi connectivity index (χ0v) is 14.3. The lowest BCUT2D eigenvalue weighted by atomic mass is 10.2. The lowest BCUT2D eigenvalue weighted by molar-refractivity contribution is 0.398. The van der Waals surface area contributed by atoms with E-state index in [9.17, 15) is 8.42 Å². The van der Waals surface area contributed by atoms with E-state index in [1.165, 1.54) is 9.71 Å². The number of allylic oxidation sites excluding steroid dienone is 3. The molecule has 0 spiro atoms. The van der Waals surface area contributed by atoms with Gasteiger partial charge in [-0.2, -0.15) is 4.31 Å². The fourth-order valence-corrected chi connectivity index (χ4v) is 3.17. The van der Waals surface area contributed by atoms with Gasteiger partial charge in [0.15, 0.2) is 0 Å². The highest BCUT2D eigenvalue weighted by Crippen LogP contribution is 2.11. The smallest absolute Gasteiger partial charge is 0.207 e. The van der Waals surface area contributed by atoms with Crippen LogP contribution in [0.2, 0.25) is 0 Å². The predicted molar refractivity (Wildman–Crippen MR) is 94.8 cm³/mol. The van der Waals surface area contributed by atoms with Gasteiger partial charge in [0, 0.05) is 18.5 Å². The first-order valence-corrected chi connectivity index (χ1v) is 8.97. The summed E-state index contributed by atoms with van der Waals surface area (Å²) in [6.45, 7) is 6.83. The molecule has 1 aromatic carbocycles. The maximum atomic E-state index is 12.5. The Morgan fingerprint density at radius 1 is 1.14 bits per heavy atom. The Labute approximate surface area is 134 Å². The minimum absolute atomic E-state index is 0.273. The van der Waals surface area contributed by atoms with Crippen LogP contribution in [0, 0.1) is 5.92 Å². The number of sulfonamides is 1. The molecule has 22 heavy (non-hydrogen) atoms. The van der Waals surface area contributed by atoms with Gasteiger partial charge in [-0.1, -0.05) is 68.5 Å². The molecule has 0 unspecified atom stereocenters. The molecular weight excluding hydrogens is 294 g/mol. The topological polar surface area (TPSA) is 37.4 Å². The van der Waals surface area contributed by atoms with Crippen molar-refractivity contribution in [2.75, 3.05) is 13.1 Å². The van der Waals surface area contributed by atoms with Crippen molar-refractivity contribution in [3.63, 3.8) is 0 Å². The summed E-state index contributed by atoms with van der Waals surface area (Å²) in [5.74, 6) is 0.273. The Balaban J connectivity index is 2.88. The highest BCUT2D eigenvalue weighted by molar-refractivity contribution is 7.92. The molecule has 0 bridgehead atoms. The van der Waals surface area contributed by atoms with Crippen molar-refractivity contribution in [2.24, 2.45) is 5.92 Å². The Kier molecular flexibility index (Phi) is 7.85. The Hall–Kier alpha value is -1.65. The average molecular weight is 319 g/mol. The summed E-state index contributed by atoms with van der Waals surface area (Å²) >= 11 is 0. The van der Waals surface area contributed by atoms with Crippen LogP contribution in [0.1, 0.15) is 26.3 Å². The summed E-state index contributed by atoms with van der Waals surface area (Å²) in [4.78, 5) is 0. The van der Waals surface area contributed by atoms with Crippen LogP contribution in [0.15, 0.2) is 60.0 Å². The third kappa shape index (κ3) is 6.87. The first-order chi connectivity index (χ1) is 10.5. The van der Waals surface area contributed by atoms with Gasteiger partial charge in [-0.15, -0.1) is 0 Å². The van der Waals surface area contributed by atoms with Crippen molar-refractivity contribution in [1.29, 1.82) is 0 Å². The third-order valence-corrected chi connectivity index (χ3v) is 4.41. The summed E-state index contributed by atoms with van der Waals surface area (Å²) in [5.41, 5.74) is 0.875. The Morgan fingerprint density at radius 2 is 1.82 bits per heavy atom. The van der Waals surface area contributed by atoms with Crippen molar-refractivity contribution >= 4 is 16.1 Å². The van der Waals surface area contributed by atoms with Gasteiger partial charge in [0.1, 0.15) is 0 Å². The van der Waals surface area contributed by atoms with E-state index in [0.717, 1.165) is 5.56 Å². The van der Waals surface area contributed by atoms with Gasteiger partial charge in [0.05, 0.1) is 0 Å². The average Bonchev–Trinajstić information content (AvgIpc) is 2.49. The van der Waals surface area contributed by atoms with E-state index >= 15 is 0 Å². The molecule has 1 rings (SSSR count). The molecule has 0 fully saturated rings. The highest BCUT2D eigenvalue weighted by atomic mass is 32.2. The SMILES string of the molecule is C/C=C/C=C/CN(CC(C)C)S(=O)(=O)/C=C/c1ccccc1. The molecule has 1 aromatic rings. The van der Waals surface area contributed by atoms with Gasteiger partial charge in [0.25, 0.3) is 0 Å². The second kappa shape index (κ2) is 9.38. The Morgan fingerprint density at radius 3 is 2.41 bits per heavy atom. The number of hydrogen-bond acceptors (Lipinski definition) is 2. The van der Waals surface area contributed by atoms with Crippen LogP contribution in [-0.2, 0) is 10.0 Å². The maximum absolute atomic E-state index is 12.5. The molecule has 4 heteroatoms. The molecule has 120 valence electrons. The zero-order valence-electron chi connectivity index (χ0n) is 13.5. The molecule has 3 nitrogen and oxygen atoms in total. The van der Waals surface area contributed by atoms with E-state index < -0.39 is 10.0 Å². The zero-order chi connectivity index (χ0) is 16.4. The molecule has 0 aliphatic heterocycles. The first-order valence-electron chi connectivity index (χ1n) is 7.47. The van der Waals surface area contributed by atoms with Crippen molar-refractivity contribution in [2.45, 2.75) is 20.8 Å². The number of benzene rings is 1. The third-order valence-electron chi connectivity index (χ3n) is 2.91. The van der Waals surface area contributed by atoms with Gasteiger partial charge in [-0.05, 0) is 24.5 Å². The minimum atomic E-state index is -3.43. The first kappa shape index (κ1) is 18.4. The maximum Gasteiger partial charge on any atom is 0.236 e. The van der Waals surface area contributed by atoms with Crippen molar-refractivity contribution in [1.82, 2.24) is 4.31 Å². The van der Waals surface area contributed by atoms with Gasteiger partial charge in [-0.25, -0.2) is 8.42 Å². The fraction of sp³-hybridized carbons (Fsp3) is 0.333. The summed E-state index contributed by atoms with van der Waals surface area (Å²) < 4.78 is 26.5. The van der Waals surface area contributed by atoms with E-state index in [0.29, 0.717) is 13.1 Å². The summed E-state index contributed by atoms with van der Waals surface area (Å²) in [6, 6.07) is 9.44. The van der Waals surface area contributed by atoms with Crippen molar-refractivity contribution in [3.05, 3.63) is 65.6 Å². The second-order valence-electron chi connectivity index (χ2n) is 5.42. The molecule has 0 aliphatic carbocycles. The highest BCUT2D eigenvalue weighted by Gasteiger charge is 2.18. The van der Waals surface area contributed by atoms with Crippen LogP contribution in [0.5, 0.6) is 0 Å². The van der Waals surface area contributed by atoms with Crippen LogP contribution >= 0.6 is 0 Å². The Bertz CT molecular complexity index is 614. The van der Waals surface area contributed by atoms with E-state index in [2.05, 4.69) is 0 Å². The summed E-state index contributed by atoms with van der Waals surface area (Å²) in [7, 11) is -3.43. The van der Waals surface area contributed by atoms with Crippen LogP contribution in [0.3, 0.4) is 0 Å². The van der Waals surface area contributed by atoms with Crippen molar-refractivity contribution < 1.29 is 8.42 Å². The minimum Gasteiger partial charge on any atom is -0.207 e. The fourth-order valence-electron chi connectivity index (χ4n) is 1.87. The van der Waals surface area contributed by atoms with Gasteiger partial charge in [-0.3, -0.25) is 0 Å². The molecule has 0 atom stereocenters. The molecule has 0 aromatic heterocycles. The molecule has 0 aliphatic rings. The lowest BCUT2D eigenvalue weighted by Crippen LogP contribution is -2.32. The standard InChI is InChI=1S/C18H25NO2S/c1-4-5-6-10-14-19(16-17(2)3)22(20,21)15-13-18-11-8-7-9-12-18/h4-13,15,17H,14,16H2,1-3H3/b5-4+,10-6+,15-13+. The van der Waals surface area contributed by atoms with E-state index in [1.54, 1.807) is 6.08 Å². The molecule has 0 saturated carbocycles. The largest absolute Gasteiger partial charge is 0.236 e. The lowest BCUT2D eigenvalue weighted by Gasteiger charge is -2.20. The number of nitrogens with zero attached hydrogens (tertiary/aromatic N) is 1. The van der Waals surface area contributed by atoms with E-state index in [4.69, 9.17) is 0 Å². The van der Waals surface area contributed by atoms with Crippen molar-refractivity contribution in [3.8, 4) is 0 Å². The van der Waals surface area contributed by atoms with Gasteiger partial charge in [0.2, 0.25) is 10.0 Å². The molecular formula is C18H25NO2S. The predicted octanol–water partition coefficient (Wildman–Crippen LogP) is 4.08.